The molecule has 3 aromatic rings. The highest BCUT2D eigenvalue weighted by Crippen LogP contribution is 2.35. The van der Waals surface area contributed by atoms with Crippen molar-refractivity contribution in [3.05, 3.63) is 84.2 Å². The quantitative estimate of drug-likeness (QED) is 0.427. The molecule has 0 fully saturated rings. The minimum Gasteiger partial charge on any atom is -0.485 e. The highest BCUT2D eigenvalue weighted by molar-refractivity contribution is 6.07. The Morgan fingerprint density at radius 3 is 2.51 bits per heavy atom. The Hall–Kier alpha value is -4.44. The number of urea groups is 1. The zero-order valence-corrected chi connectivity index (χ0v) is 22.2. The Kier molecular flexibility index (Phi) is 8.77. The molecular weight excluding hydrogens is 498 g/mol. The molecule has 1 aliphatic rings. The number of carbonyl (C=O) groups is 3. The fraction of sp³-hybridized carbons (Fsp3) is 0.310. The molecule has 4 rings (SSSR count). The molecule has 39 heavy (non-hydrogen) atoms. The van der Waals surface area contributed by atoms with Gasteiger partial charge in [-0.1, -0.05) is 31.2 Å². The lowest BCUT2D eigenvalue weighted by Gasteiger charge is -2.38. The van der Waals surface area contributed by atoms with Crippen LogP contribution in [-0.4, -0.2) is 76.6 Å². The van der Waals surface area contributed by atoms with E-state index in [0.29, 0.717) is 23.5 Å². The number of fused-ring (bicyclic) bond motifs is 1. The van der Waals surface area contributed by atoms with E-state index in [1.54, 1.807) is 61.3 Å². The van der Waals surface area contributed by atoms with Crippen molar-refractivity contribution in [1.29, 1.82) is 0 Å². The Balaban J connectivity index is 1.65. The first-order chi connectivity index (χ1) is 18.8. The summed E-state index contributed by atoms with van der Waals surface area (Å²) in [5.74, 6) is -0.694. The molecule has 3 N–H and O–H groups in total. The summed E-state index contributed by atoms with van der Waals surface area (Å²) in [4.78, 5) is 46.6. The van der Waals surface area contributed by atoms with Crippen LogP contribution in [0.2, 0.25) is 0 Å². The number of para-hydroxylation sites is 2. The normalized spacial score (nSPS) is 17.6. The predicted octanol–water partition coefficient (Wildman–Crippen LogP) is 3.72. The van der Waals surface area contributed by atoms with Crippen LogP contribution in [0, 0.1) is 5.92 Å². The summed E-state index contributed by atoms with van der Waals surface area (Å²) in [7, 11) is 1.67. The second-order valence-electron chi connectivity index (χ2n) is 9.67. The third-order valence-electron chi connectivity index (χ3n) is 6.71. The number of likely N-dealkylation sites (N-methyl/N-ethyl adjacent to an activating group) is 1. The van der Waals surface area contributed by atoms with Gasteiger partial charge >= 0.3 is 6.03 Å². The monoisotopic (exact) mass is 531 g/mol. The van der Waals surface area contributed by atoms with Gasteiger partial charge in [-0.15, -0.1) is 0 Å². The van der Waals surface area contributed by atoms with E-state index in [-0.39, 0.29) is 48.2 Å². The summed E-state index contributed by atoms with van der Waals surface area (Å²) < 4.78 is 6.46. The van der Waals surface area contributed by atoms with Gasteiger partial charge < -0.3 is 30.3 Å². The molecule has 4 amide bonds. The lowest BCUT2D eigenvalue weighted by molar-refractivity contribution is 0.0372. The number of rotatable bonds is 7. The van der Waals surface area contributed by atoms with Crippen LogP contribution in [0.4, 0.5) is 16.2 Å². The lowest BCUT2D eigenvalue weighted by Crippen LogP contribution is -2.50. The van der Waals surface area contributed by atoms with Crippen molar-refractivity contribution in [3.63, 3.8) is 0 Å². The summed E-state index contributed by atoms with van der Waals surface area (Å²) in [6.07, 6.45) is 2.51. The molecule has 0 saturated carbocycles. The maximum absolute atomic E-state index is 13.6. The molecule has 1 aliphatic heterocycles. The van der Waals surface area contributed by atoms with Gasteiger partial charge in [-0.25, -0.2) is 4.79 Å². The third-order valence-corrected chi connectivity index (χ3v) is 6.71. The van der Waals surface area contributed by atoms with Crippen molar-refractivity contribution in [2.75, 3.05) is 37.4 Å². The van der Waals surface area contributed by atoms with Gasteiger partial charge in [0.25, 0.3) is 11.8 Å². The fourth-order valence-electron chi connectivity index (χ4n) is 4.35. The average molecular weight is 532 g/mol. The van der Waals surface area contributed by atoms with Gasteiger partial charge in [-0.2, -0.15) is 0 Å². The first kappa shape index (κ1) is 27.6. The van der Waals surface area contributed by atoms with Crippen LogP contribution in [0.5, 0.6) is 5.75 Å². The molecule has 10 nitrogen and oxygen atoms in total. The number of anilines is 2. The second-order valence-corrected chi connectivity index (χ2v) is 9.67. The summed E-state index contributed by atoms with van der Waals surface area (Å²) in [6, 6.07) is 16.5. The zero-order chi connectivity index (χ0) is 27.9. The van der Waals surface area contributed by atoms with Crippen molar-refractivity contribution in [2.45, 2.75) is 26.0 Å². The van der Waals surface area contributed by atoms with Crippen LogP contribution in [0.1, 0.15) is 34.6 Å². The number of nitrogens with zero attached hydrogens (tertiary/aromatic N) is 3. The number of aromatic nitrogens is 1. The average Bonchev–Trinajstić information content (AvgIpc) is 2.95. The largest absolute Gasteiger partial charge is 0.485 e. The third kappa shape index (κ3) is 6.53. The van der Waals surface area contributed by atoms with Crippen LogP contribution >= 0.6 is 0 Å². The topological polar surface area (TPSA) is 124 Å². The summed E-state index contributed by atoms with van der Waals surface area (Å²) >= 11 is 0. The number of pyridine rings is 1. The van der Waals surface area contributed by atoms with Crippen LogP contribution in [-0.2, 0) is 0 Å². The number of hydrogen-bond acceptors (Lipinski definition) is 6. The molecule has 2 aromatic carbocycles. The number of nitrogens with one attached hydrogen (secondary N) is 2. The molecule has 0 spiro atoms. The Labute approximate surface area is 227 Å². The zero-order valence-electron chi connectivity index (χ0n) is 22.2. The van der Waals surface area contributed by atoms with E-state index in [1.165, 1.54) is 17.3 Å². The van der Waals surface area contributed by atoms with Gasteiger partial charge in [0.15, 0.2) is 5.75 Å². The molecule has 204 valence electrons. The summed E-state index contributed by atoms with van der Waals surface area (Å²) in [5, 5.41) is 15.6. The number of amides is 4. The Morgan fingerprint density at radius 1 is 1.10 bits per heavy atom. The number of aliphatic hydroxyl groups excluding tert-OH is 1. The molecule has 10 heteroatoms. The van der Waals surface area contributed by atoms with Crippen molar-refractivity contribution >= 4 is 29.2 Å². The van der Waals surface area contributed by atoms with Crippen molar-refractivity contribution in [1.82, 2.24) is 14.8 Å². The fourth-order valence-corrected chi connectivity index (χ4v) is 4.35. The van der Waals surface area contributed by atoms with E-state index in [4.69, 9.17) is 4.74 Å². The van der Waals surface area contributed by atoms with E-state index in [9.17, 15) is 19.5 Å². The Morgan fingerprint density at radius 2 is 1.82 bits per heavy atom. The van der Waals surface area contributed by atoms with Crippen molar-refractivity contribution in [2.24, 2.45) is 5.92 Å². The van der Waals surface area contributed by atoms with E-state index in [1.807, 2.05) is 25.1 Å². The SMILES string of the molecule is C[C@H](CO)N1C[C@H](C)[C@@H](CN(C)C(=O)Nc2ccccc2)Oc2c(NC(=O)c3ccncc3)cccc2C1=O. The molecule has 2 heterocycles. The number of aliphatic hydroxyl groups is 1. The molecule has 0 aliphatic carbocycles. The van der Waals surface area contributed by atoms with Crippen LogP contribution in [0.15, 0.2) is 73.1 Å². The molecule has 3 atom stereocenters. The molecule has 0 saturated heterocycles. The number of hydrogen-bond donors (Lipinski definition) is 3. The van der Waals surface area contributed by atoms with Gasteiger partial charge in [0.05, 0.1) is 30.4 Å². The highest BCUT2D eigenvalue weighted by atomic mass is 16.5. The van der Waals surface area contributed by atoms with E-state index in [0.717, 1.165) is 0 Å². The lowest BCUT2D eigenvalue weighted by atomic mass is 9.99. The minimum atomic E-state index is -0.532. The van der Waals surface area contributed by atoms with Crippen molar-refractivity contribution in [3.8, 4) is 5.75 Å². The predicted molar refractivity (Wildman–Crippen MR) is 148 cm³/mol. The number of benzene rings is 2. The van der Waals surface area contributed by atoms with Gasteiger partial charge in [0.1, 0.15) is 6.10 Å². The van der Waals surface area contributed by atoms with E-state index < -0.39 is 12.1 Å². The maximum atomic E-state index is 13.6. The first-order valence-corrected chi connectivity index (χ1v) is 12.8. The molecular formula is C29H33N5O5. The van der Waals surface area contributed by atoms with Gasteiger partial charge in [-0.05, 0) is 43.3 Å². The summed E-state index contributed by atoms with van der Waals surface area (Å²) in [6.45, 7) is 4.02. The second kappa shape index (κ2) is 12.4. The van der Waals surface area contributed by atoms with Crippen molar-refractivity contribution < 1.29 is 24.2 Å². The van der Waals surface area contributed by atoms with Crippen LogP contribution in [0.3, 0.4) is 0 Å². The maximum Gasteiger partial charge on any atom is 0.321 e. The smallest absolute Gasteiger partial charge is 0.321 e. The molecule has 0 radical (unpaired) electrons. The molecule has 1 aromatic heterocycles. The standard InChI is InChI=1S/C29H33N5O5/c1-19-16-34(20(2)18-35)28(37)23-10-7-11-24(32-27(36)21-12-14-30-15-13-21)26(23)39-25(19)17-33(3)29(38)31-22-8-5-4-6-9-22/h4-15,19-20,25,35H,16-18H2,1-3H3,(H,31,38)(H,32,36)/t19-,20+,25+/m0/s1. The minimum absolute atomic E-state index is 0.210. The molecule has 0 unspecified atom stereocenters. The van der Waals surface area contributed by atoms with Crippen LogP contribution in [0.25, 0.3) is 0 Å². The number of ether oxygens (including phenoxy) is 1. The van der Waals surface area contributed by atoms with Crippen LogP contribution < -0.4 is 15.4 Å². The summed E-state index contributed by atoms with van der Waals surface area (Å²) in [5.41, 5.74) is 1.66. The number of carbonyl (C=O) groups excluding carboxylic acids is 3. The van der Waals surface area contributed by atoms with E-state index in [2.05, 4.69) is 15.6 Å². The first-order valence-electron chi connectivity index (χ1n) is 12.8. The highest BCUT2D eigenvalue weighted by Gasteiger charge is 2.35. The van der Waals surface area contributed by atoms with E-state index >= 15 is 0 Å². The van der Waals surface area contributed by atoms with Gasteiger partial charge in [-0.3, -0.25) is 14.6 Å². The van der Waals surface area contributed by atoms with Gasteiger partial charge in [0, 0.05) is 43.2 Å². The molecule has 0 bridgehead atoms. The Bertz CT molecular complexity index is 1300. The van der Waals surface area contributed by atoms with Gasteiger partial charge in [0.2, 0.25) is 0 Å².